The Labute approximate surface area is 127 Å². The Morgan fingerprint density at radius 1 is 1.32 bits per heavy atom. The summed E-state index contributed by atoms with van der Waals surface area (Å²) in [7, 11) is 0. The number of nitrogens with one attached hydrogen (secondary N) is 1. The summed E-state index contributed by atoms with van der Waals surface area (Å²) in [5.74, 6) is 0. The first-order valence-electron chi connectivity index (χ1n) is 6.02. The van der Waals surface area contributed by atoms with Crippen molar-refractivity contribution in [1.82, 2.24) is 4.90 Å². The molecule has 1 rings (SSSR count). The topological polar surface area (TPSA) is 52.6 Å². The van der Waals surface area contributed by atoms with Crippen molar-refractivity contribution in [2.75, 3.05) is 25.0 Å². The highest BCUT2D eigenvalue weighted by molar-refractivity contribution is 8.00. The van der Waals surface area contributed by atoms with E-state index in [-0.39, 0.29) is 17.1 Å². The lowest BCUT2D eigenvalue weighted by Crippen LogP contribution is -2.40. The summed E-state index contributed by atoms with van der Waals surface area (Å²) in [4.78, 5) is 12.2. The Kier molecular flexibility index (Phi) is 6.88. The summed E-state index contributed by atoms with van der Waals surface area (Å²) in [5.41, 5.74) is -4.69. The average molecular weight is 344 g/mol. The predicted molar refractivity (Wildman–Crippen MR) is 72.0 cm³/mol. The van der Waals surface area contributed by atoms with Crippen molar-refractivity contribution < 1.29 is 31.9 Å². The normalized spacial score (nSPS) is 11.6. The number of para-hydroxylation sites is 1. The number of alkyl halides is 5. The molecule has 0 aliphatic heterocycles. The van der Waals surface area contributed by atoms with E-state index in [0.717, 1.165) is 6.07 Å². The maximum Gasteiger partial charge on any atom is 0.446 e. The maximum absolute atomic E-state index is 12.4. The van der Waals surface area contributed by atoms with Crippen molar-refractivity contribution in [2.24, 2.45) is 0 Å². The maximum atomic E-state index is 12.4. The van der Waals surface area contributed by atoms with Crippen LogP contribution in [0, 0.1) is 0 Å². The van der Waals surface area contributed by atoms with Gasteiger partial charge in [-0.2, -0.15) is 13.2 Å². The Balaban J connectivity index is 2.86. The van der Waals surface area contributed by atoms with Gasteiger partial charge >= 0.3 is 11.5 Å². The molecule has 1 aromatic carbocycles. The molecule has 4 nitrogen and oxygen atoms in total. The second-order valence-corrected chi connectivity index (χ2v) is 5.14. The quantitative estimate of drug-likeness (QED) is 0.614. The molecule has 1 aromatic rings. The first-order valence-corrected chi connectivity index (χ1v) is 6.84. The largest absolute Gasteiger partial charge is 0.446 e. The molecule has 0 fully saturated rings. The van der Waals surface area contributed by atoms with Crippen molar-refractivity contribution >= 4 is 23.5 Å². The number of rotatable bonds is 6. The summed E-state index contributed by atoms with van der Waals surface area (Å²) in [6.45, 7) is -1.83. The Bertz CT molecular complexity index is 499. The lowest BCUT2D eigenvalue weighted by atomic mass is 10.3. The SMILES string of the molecule is O=C(Nc1ccccc1SC(F)(F)F)N(CCO)CC(F)F. The number of carbonyl (C=O) groups excluding carboxylic acids is 1. The van der Waals surface area contributed by atoms with Gasteiger partial charge in [0.2, 0.25) is 0 Å². The fraction of sp³-hybridized carbons (Fsp3) is 0.417. The van der Waals surface area contributed by atoms with Gasteiger partial charge in [0.05, 0.1) is 18.8 Å². The molecule has 2 N–H and O–H groups in total. The van der Waals surface area contributed by atoms with Gasteiger partial charge in [0.25, 0.3) is 6.43 Å². The third kappa shape index (κ3) is 6.48. The lowest BCUT2D eigenvalue weighted by molar-refractivity contribution is -0.0328. The minimum absolute atomic E-state index is 0.146. The number of anilines is 1. The first kappa shape index (κ1) is 18.5. The zero-order valence-electron chi connectivity index (χ0n) is 11.1. The van der Waals surface area contributed by atoms with E-state index in [1.165, 1.54) is 18.2 Å². The van der Waals surface area contributed by atoms with Gasteiger partial charge in [-0.15, -0.1) is 0 Å². The number of hydrogen-bond donors (Lipinski definition) is 2. The lowest BCUT2D eigenvalue weighted by Gasteiger charge is -2.22. The second kappa shape index (κ2) is 8.18. The number of thioether (sulfide) groups is 1. The van der Waals surface area contributed by atoms with Gasteiger partial charge in [-0.3, -0.25) is 0 Å². The number of benzene rings is 1. The number of amides is 2. The van der Waals surface area contributed by atoms with Crippen LogP contribution >= 0.6 is 11.8 Å². The molecule has 0 aliphatic rings. The number of halogens is 5. The average Bonchev–Trinajstić information content (AvgIpc) is 2.38. The molecule has 0 atom stereocenters. The van der Waals surface area contributed by atoms with Crippen LogP contribution in [-0.4, -0.2) is 47.7 Å². The van der Waals surface area contributed by atoms with Crippen molar-refractivity contribution in [1.29, 1.82) is 0 Å². The number of urea groups is 1. The van der Waals surface area contributed by atoms with Crippen LogP contribution in [0.1, 0.15) is 0 Å². The van der Waals surface area contributed by atoms with Crippen LogP contribution in [0.4, 0.5) is 32.4 Å². The summed E-state index contributed by atoms with van der Waals surface area (Å²) in [6, 6.07) is 4.13. The van der Waals surface area contributed by atoms with E-state index in [4.69, 9.17) is 5.11 Å². The van der Waals surface area contributed by atoms with Gasteiger partial charge in [0, 0.05) is 11.4 Å². The van der Waals surface area contributed by atoms with Crippen LogP contribution in [0.5, 0.6) is 0 Å². The van der Waals surface area contributed by atoms with E-state index in [9.17, 15) is 26.7 Å². The highest BCUT2D eigenvalue weighted by Crippen LogP contribution is 2.40. The van der Waals surface area contributed by atoms with Crippen LogP contribution < -0.4 is 5.32 Å². The summed E-state index contributed by atoms with van der Waals surface area (Å²) in [5, 5.41) is 10.9. The molecule has 0 bridgehead atoms. The van der Waals surface area contributed by atoms with Gasteiger partial charge in [-0.1, -0.05) is 12.1 Å². The molecule has 0 heterocycles. The molecule has 10 heteroatoms. The fourth-order valence-electron chi connectivity index (χ4n) is 1.54. The molecule has 0 aromatic heterocycles. The van der Waals surface area contributed by atoms with E-state index in [1.54, 1.807) is 0 Å². The fourth-order valence-corrected chi connectivity index (χ4v) is 2.17. The van der Waals surface area contributed by atoms with Crippen LogP contribution in [0.2, 0.25) is 0 Å². The zero-order valence-corrected chi connectivity index (χ0v) is 11.9. The Hall–Kier alpha value is -1.55. The Morgan fingerprint density at radius 2 is 1.95 bits per heavy atom. The molecule has 0 radical (unpaired) electrons. The summed E-state index contributed by atoms with van der Waals surface area (Å²) >= 11 is -0.422. The van der Waals surface area contributed by atoms with Gasteiger partial charge in [0.1, 0.15) is 0 Å². The minimum Gasteiger partial charge on any atom is -0.395 e. The molecule has 0 aliphatic carbocycles. The minimum atomic E-state index is -4.55. The number of aliphatic hydroxyl groups excluding tert-OH is 1. The summed E-state index contributed by atoms with van der Waals surface area (Å²) < 4.78 is 62.0. The van der Waals surface area contributed by atoms with Crippen LogP contribution in [0.15, 0.2) is 29.2 Å². The predicted octanol–water partition coefficient (Wildman–Crippen LogP) is 3.39. The van der Waals surface area contributed by atoms with Gasteiger partial charge in [-0.25, -0.2) is 13.6 Å². The van der Waals surface area contributed by atoms with Crippen LogP contribution in [-0.2, 0) is 0 Å². The van der Waals surface area contributed by atoms with E-state index < -0.39 is 42.9 Å². The highest BCUT2D eigenvalue weighted by atomic mass is 32.2. The molecule has 22 heavy (non-hydrogen) atoms. The smallest absolute Gasteiger partial charge is 0.395 e. The van der Waals surface area contributed by atoms with Gasteiger partial charge in [-0.05, 0) is 23.9 Å². The molecule has 0 saturated carbocycles. The number of carbonyl (C=O) groups is 1. The second-order valence-electron chi connectivity index (χ2n) is 4.03. The van der Waals surface area contributed by atoms with Crippen molar-refractivity contribution in [3.05, 3.63) is 24.3 Å². The molecule has 0 saturated heterocycles. The molecular formula is C12H13F5N2O2S. The molecular weight excluding hydrogens is 331 g/mol. The standard InChI is InChI=1S/C12H13F5N2O2S/c13-10(14)7-19(5-6-20)11(21)18-8-3-1-2-4-9(8)22-12(15,16)17/h1-4,10,20H,5-7H2,(H,18,21). The zero-order chi connectivity index (χ0) is 16.8. The number of nitrogens with zero attached hydrogens (tertiary/aromatic N) is 1. The van der Waals surface area contributed by atoms with E-state index in [1.807, 2.05) is 0 Å². The molecule has 0 unspecified atom stereocenters. The van der Waals surface area contributed by atoms with E-state index in [0.29, 0.717) is 4.90 Å². The molecule has 124 valence electrons. The van der Waals surface area contributed by atoms with Crippen molar-refractivity contribution in [3.8, 4) is 0 Å². The Morgan fingerprint density at radius 3 is 2.50 bits per heavy atom. The van der Waals surface area contributed by atoms with Crippen LogP contribution in [0.3, 0.4) is 0 Å². The van der Waals surface area contributed by atoms with Crippen molar-refractivity contribution in [3.63, 3.8) is 0 Å². The van der Waals surface area contributed by atoms with Gasteiger partial charge < -0.3 is 15.3 Å². The third-order valence-electron chi connectivity index (χ3n) is 2.37. The summed E-state index contributed by atoms with van der Waals surface area (Å²) in [6.07, 6.45) is -2.82. The van der Waals surface area contributed by atoms with E-state index >= 15 is 0 Å². The first-order chi connectivity index (χ1) is 10.2. The highest BCUT2D eigenvalue weighted by Gasteiger charge is 2.30. The van der Waals surface area contributed by atoms with Crippen molar-refractivity contribution in [2.45, 2.75) is 16.8 Å². The molecule has 2 amide bonds. The number of hydrogen-bond acceptors (Lipinski definition) is 3. The monoisotopic (exact) mass is 344 g/mol. The van der Waals surface area contributed by atoms with Crippen LogP contribution in [0.25, 0.3) is 0 Å². The number of aliphatic hydroxyl groups is 1. The van der Waals surface area contributed by atoms with Gasteiger partial charge in [0.15, 0.2) is 0 Å². The molecule has 0 spiro atoms. The third-order valence-corrected chi connectivity index (χ3v) is 3.18. The van der Waals surface area contributed by atoms with E-state index in [2.05, 4.69) is 5.32 Å².